The molecule has 0 spiro atoms. The molecule has 0 nitrogen and oxygen atoms in total. The summed E-state index contributed by atoms with van der Waals surface area (Å²) in [7, 11) is 0. The van der Waals surface area contributed by atoms with Crippen LogP contribution in [0.5, 0.6) is 0 Å². The predicted octanol–water partition coefficient (Wildman–Crippen LogP) is 12.8. The van der Waals surface area contributed by atoms with Crippen molar-refractivity contribution < 1.29 is 4.39 Å². The van der Waals surface area contributed by atoms with Crippen LogP contribution in [0.4, 0.5) is 4.39 Å². The molecule has 1 heterocycles. The van der Waals surface area contributed by atoms with Crippen molar-refractivity contribution in [3.8, 4) is 33.4 Å². The Morgan fingerprint density at radius 1 is 0.333 bits per heavy atom. The molecule has 0 fully saturated rings. The SMILES string of the molecule is Fc1c2ccccc2c(-c2cccc3[se]c4c(-c5c6ccccc6c(-c6ccccc6)c6ccccc56)cccc4c23)c2ccccc12. The molecular formula is C46H27FSe. The van der Waals surface area contributed by atoms with E-state index >= 15 is 4.39 Å². The molecule has 10 aromatic rings. The van der Waals surface area contributed by atoms with Gasteiger partial charge in [-0.05, 0) is 0 Å². The number of rotatable bonds is 3. The molecule has 0 bridgehead atoms. The van der Waals surface area contributed by atoms with Gasteiger partial charge < -0.3 is 0 Å². The van der Waals surface area contributed by atoms with Crippen molar-refractivity contribution in [2.24, 2.45) is 0 Å². The summed E-state index contributed by atoms with van der Waals surface area (Å²) in [6.45, 7) is 0. The molecule has 10 rings (SSSR count). The van der Waals surface area contributed by atoms with Crippen LogP contribution in [-0.4, -0.2) is 14.5 Å². The summed E-state index contributed by atoms with van der Waals surface area (Å²) in [6, 6.07) is 58.0. The molecule has 0 aliphatic carbocycles. The van der Waals surface area contributed by atoms with Gasteiger partial charge in [-0.3, -0.25) is 0 Å². The first-order chi connectivity index (χ1) is 23.8. The van der Waals surface area contributed by atoms with Crippen molar-refractivity contribution in [1.29, 1.82) is 0 Å². The molecular weight excluding hydrogens is 650 g/mol. The molecule has 224 valence electrons. The first-order valence-corrected chi connectivity index (χ1v) is 18.0. The van der Waals surface area contributed by atoms with Gasteiger partial charge in [-0.15, -0.1) is 0 Å². The standard InChI is InChI=1S/C46H27FSe/c47-45-35-22-10-8-20-33(35)42(34-21-9-11-23-36(34)45)37-24-13-27-40-44(37)39-26-12-25-38(46(39)48-40)43-31-18-6-4-16-29(31)41(28-14-2-1-3-15-28)30-17-5-7-19-32(30)43/h1-27H. The Morgan fingerprint density at radius 2 is 0.750 bits per heavy atom. The van der Waals surface area contributed by atoms with Crippen molar-refractivity contribution in [2.75, 3.05) is 0 Å². The Bertz CT molecular complexity index is 2780. The third-order valence-corrected chi connectivity index (χ3v) is 12.4. The Labute approximate surface area is 283 Å². The first kappa shape index (κ1) is 27.6. The molecule has 2 heteroatoms. The second kappa shape index (κ2) is 10.8. The van der Waals surface area contributed by atoms with E-state index in [4.69, 9.17) is 0 Å². The maximum atomic E-state index is 15.9. The Hall–Kier alpha value is -5.53. The van der Waals surface area contributed by atoms with Gasteiger partial charge in [-0.1, -0.05) is 0 Å². The second-order valence-electron chi connectivity index (χ2n) is 12.5. The fraction of sp³-hybridized carbons (Fsp3) is 0. The zero-order valence-corrected chi connectivity index (χ0v) is 27.6. The van der Waals surface area contributed by atoms with E-state index in [0.717, 1.165) is 16.3 Å². The van der Waals surface area contributed by atoms with E-state index < -0.39 is 0 Å². The van der Waals surface area contributed by atoms with Gasteiger partial charge in [0.15, 0.2) is 0 Å². The molecule has 0 atom stereocenters. The predicted molar refractivity (Wildman–Crippen MR) is 205 cm³/mol. The fourth-order valence-electron chi connectivity index (χ4n) is 7.95. The van der Waals surface area contributed by atoms with Crippen molar-refractivity contribution in [2.45, 2.75) is 0 Å². The molecule has 0 amide bonds. The summed E-state index contributed by atoms with van der Waals surface area (Å²) in [4.78, 5) is 0. The number of hydrogen-bond donors (Lipinski definition) is 0. The molecule has 48 heavy (non-hydrogen) atoms. The summed E-state index contributed by atoms with van der Waals surface area (Å²) in [5, 5.41) is 10.9. The van der Waals surface area contributed by atoms with Crippen LogP contribution in [-0.2, 0) is 0 Å². The monoisotopic (exact) mass is 678 g/mol. The molecule has 0 aliphatic rings. The van der Waals surface area contributed by atoms with E-state index in [2.05, 4.69) is 127 Å². The quantitative estimate of drug-likeness (QED) is 0.129. The van der Waals surface area contributed by atoms with Gasteiger partial charge in [0.25, 0.3) is 0 Å². The summed E-state index contributed by atoms with van der Waals surface area (Å²) >= 11 is 0.0865. The van der Waals surface area contributed by atoms with Gasteiger partial charge >= 0.3 is 284 Å². The topological polar surface area (TPSA) is 0 Å². The summed E-state index contributed by atoms with van der Waals surface area (Å²) < 4.78 is 18.7. The van der Waals surface area contributed by atoms with Gasteiger partial charge in [0, 0.05) is 0 Å². The van der Waals surface area contributed by atoms with E-state index in [1.807, 2.05) is 36.4 Å². The number of benzene rings is 9. The molecule has 0 saturated carbocycles. The normalized spacial score (nSPS) is 11.9. The zero-order chi connectivity index (χ0) is 31.8. The van der Waals surface area contributed by atoms with Gasteiger partial charge in [0.2, 0.25) is 0 Å². The molecule has 0 unspecified atom stereocenters. The van der Waals surface area contributed by atoms with Crippen molar-refractivity contribution in [3.05, 3.63) is 170 Å². The van der Waals surface area contributed by atoms with Crippen molar-refractivity contribution in [3.63, 3.8) is 0 Å². The second-order valence-corrected chi connectivity index (χ2v) is 14.7. The molecule has 0 radical (unpaired) electrons. The molecule has 0 aliphatic heterocycles. The summed E-state index contributed by atoms with van der Waals surface area (Å²) in [5.74, 6) is -0.151. The van der Waals surface area contributed by atoms with Crippen LogP contribution in [0.3, 0.4) is 0 Å². The average Bonchev–Trinajstić information content (AvgIpc) is 3.54. The van der Waals surface area contributed by atoms with Gasteiger partial charge in [0.1, 0.15) is 0 Å². The molecule has 9 aromatic carbocycles. The van der Waals surface area contributed by atoms with Crippen LogP contribution >= 0.6 is 0 Å². The number of fused-ring (bicyclic) bond motifs is 7. The van der Waals surface area contributed by atoms with Crippen molar-refractivity contribution in [1.82, 2.24) is 0 Å². The van der Waals surface area contributed by atoms with E-state index in [9.17, 15) is 0 Å². The van der Waals surface area contributed by atoms with E-state index in [0.29, 0.717) is 10.8 Å². The third-order valence-electron chi connectivity index (χ3n) is 9.92. The van der Waals surface area contributed by atoms with Crippen molar-refractivity contribution >= 4 is 76.9 Å². The number of halogens is 1. The van der Waals surface area contributed by atoms with Crippen LogP contribution in [0.15, 0.2) is 164 Å². The average molecular weight is 678 g/mol. The minimum atomic E-state index is -0.151. The van der Waals surface area contributed by atoms with Crippen LogP contribution < -0.4 is 0 Å². The Balaban J connectivity index is 1.33. The molecule has 0 saturated heterocycles. The maximum absolute atomic E-state index is 15.9. The zero-order valence-electron chi connectivity index (χ0n) is 25.9. The fourth-order valence-corrected chi connectivity index (χ4v) is 10.6. The van der Waals surface area contributed by atoms with Crippen LogP contribution in [0, 0.1) is 5.82 Å². The van der Waals surface area contributed by atoms with Gasteiger partial charge in [-0.2, -0.15) is 0 Å². The van der Waals surface area contributed by atoms with Crippen LogP contribution in [0.25, 0.3) is 95.8 Å². The first-order valence-electron chi connectivity index (χ1n) is 16.3. The van der Waals surface area contributed by atoms with Gasteiger partial charge in [-0.25, -0.2) is 0 Å². The molecule has 0 N–H and O–H groups in total. The summed E-state index contributed by atoms with van der Waals surface area (Å²) in [5.41, 5.74) is 7.39. The third kappa shape index (κ3) is 3.94. The molecule has 1 aromatic heterocycles. The summed E-state index contributed by atoms with van der Waals surface area (Å²) in [6.07, 6.45) is 0. The van der Waals surface area contributed by atoms with Crippen LogP contribution in [0.2, 0.25) is 0 Å². The van der Waals surface area contributed by atoms with Gasteiger partial charge in [0.05, 0.1) is 0 Å². The minimum absolute atomic E-state index is 0.0865. The van der Waals surface area contributed by atoms with E-state index in [1.54, 1.807) is 0 Å². The Morgan fingerprint density at radius 3 is 1.33 bits per heavy atom. The Kier molecular flexibility index (Phi) is 6.18. The van der Waals surface area contributed by atoms with E-state index in [-0.39, 0.29) is 20.3 Å². The van der Waals surface area contributed by atoms with E-state index in [1.165, 1.54) is 68.7 Å². The number of hydrogen-bond acceptors (Lipinski definition) is 0. The van der Waals surface area contributed by atoms with Crippen LogP contribution in [0.1, 0.15) is 0 Å².